The number of rotatable bonds is 1. The Hall–Kier alpha value is -1.15. The van der Waals surface area contributed by atoms with Gasteiger partial charge in [-0.1, -0.05) is 30.2 Å². The number of allylic oxidation sites excluding steroid dienone is 2. The van der Waals surface area contributed by atoms with Gasteiger partial charge < -0.3 is 14.6 Å². The number of nitriles is 1. The fraction of sp³-hybridized carbons (Fsp3) is 0.773. The molecular weight excluding hydrogens is 326 g/mol. The van der Waals surface area contributed by atoms with Gasteiger partial charge in [0.05, 0.1) is 25.7 Å². The molecule has 1 spiro atoms. The Balaban J connectivity index is 1.42. The summed E-state index contributed by atoms with van der Waals surface area (Å²) in [6, 6.07) is 2.22. The predicted molar refractivity (Wildman–Crippen MR) is 96.9 cm³/mol. The van der Waals surface area contributed by atoms with Crippen LogP contribution in [0.1, 0.15) is 58.3 Å². The Kier molecular flexibility index (Phi) is 3.71. The minimum absolute atomic E-state index is 0.185. The van der Waals surface area contributed by atoms with Crippen LogP contribution < -0.4 is 0 Å². The largest absolute Gasteiger partial charge is 0.384 e. The average Bonchev–Trinajstić information content (AvgIpc) is 3.18. The zero-order chi connectivity index (χ0) is 18.0. The molecule has 1 aliphatic heterocycles. The van der Waals surface area contributed by atoms with Gasteiger partial charge in [-0.05, 0) is 49.9 Å². The van der Waals surface area contributed by atoms with Crippen molar-refractivity contribution in [3.63, 3.8) is 0 Å². The number of hydrogen-bond donors (Lipinski definition) is 1. The van der Waals surface area contributed by atoms with Crippen LogP contribution in [0, 0.1) is 34.5 Å². The second kappa shape index (κ2) is 5.67. The molecule has 4 aliphatic carbocycles. The van der Waals surface area contributed by atoms with Gasteiger partial charge in [-0.15, -0.1) is 0 Å². The van der Waals surface area contributed by atoms with E-state index < -0.39 is 5.60 Å². The molecule has 2 fully saturated rings. The van der Waals surface area contributed by atoms with Crippen LogP contribution in [-0.2, 0) is 9.47 Å². The summed E-state index contributed by atoms with van der Waals surface area (Å²) in [5, 5.41) is 20.4. The average molecular weight is 355 g/mol. The highest BCUT2D eigenvalue weighted by molar-refractivity contribution is 5.33. The third-order valence-corrected chi connectivity index (χ3v) is 8.36. The molecule has 140 valence electrons. The minimum atomic E-state index is -0.950. The Morgan fingerprint density at radius 1 is 1.23 bits per heavy atom. The van der Waals surface area contributed by atoms with E-state index in [1.54, 1.807) is 11.1 Å². The molecule has 0 aromatic carbocycles. The highest BCUT2D eigenvalue weighted by Gasteiger charge is 2.59. The first kappa shape index (κ1) is 17.0. The lowest BCUT2D eigenvalue weighted by Crippen LogP contribution is -2.52. The maximum Gasteiger partial charge on any atom is 0.172 e. The molecule has 1 unspecified atom stereocenters. The summed E-state index contributed by atoms with van der Waals surface area (Å²) in [7, 11) is 0. The first-order valence-electron chi connectivity index (χ1n) is 10.3. The van der Waals surface area contributed by atoms with Crippen LogP contribution in [0.3, 0.4) is 0 Å². The predicted octanol–water partition coefficient (Wildman–Crippen LogP) is 3.87. The summed E-state index contributed by atoms with van der Waals surface area (Å²) < 4.78 is 11.9. The smallest absolute Gasteiger partial charge is 0.172 e. The van der Waals surface area contributed by atoms with Gasteiger partial charge in [0.2, 0.25) is 0 Å². The van der Waals surface area contributed by atoms with Gasteiger partial charge in [0.15, 0.2) is 5.79 Å². The molecule has 1 saturated heterocycles. The molecule has 1 N–H and O–H groups in total. The van der Waals surface area contributed by atoms with E-state index in [0.717, 1.165) is 51.7 Å². The van der Waals surface area contributed by atoms with E-state index in [1.165, 1.54) is 6.42 Å². The first-order valence-corrected chi connectivity index (χ1v) is 10.3. The molecular formula is C22H29NO3. The molecule has 1 saturated carbocycles. The highest BCUT2D eigenvalue weighted by atomic mass is 16.7. The summed E-state index contributed by atoms with van der Waals surface area (Å²) in [5.74, 6) is 1.32. The topological polar surface area (TPSA) is 62.5 Å². The summed E-state index contributed by atoms with van der Waals surface area (Å²) in [5.41, 5.74) is 2.14. The van der Waals surface area contributed by atoms with Crippen LogP contribution in [0.5, 0.6) is 0 Å². The van der Waals surface area contributed by atoms with Crippen molar-refractivity contribution < 1.29 is 14.6 Å². The molecule has 1 heterocycles. The van der Waals surface area contributed by atoms with E-state index in [1.807, 2.05) is 6.08 Å². The van der Waals surface area contributed by atoms with Crippen LogP contribution in [0.2, 0.25) is 0 Å². The maximum atomic E-state index is 11.2. The zero-order valence-corrected chi connectivity index (χ0v) is 15.7. The SMILES string of the molecule is CC12CC[C@@H]3C4=C(CC[C@H]3[C@@H]1C=C[C@@]2(O)CC#N)CC1(CC4)OCCO1. The number of ether oxygens (including phenoxy) is 2. The summed E-state index contributed by atoms with van der Waals surface area (Å²) >= 11 is 0. The molecule has 5 rings (SSSR count). The molecule has 4 nitrogen and oxygen atoms in total. The van der Waals surface area contributed by atoms with Crippen molar-refractivity contribution in [1.29, 1.82) is 5.26 Å². The molecule has 0 bridgehead atoms. The Morgan fingerprint density at radius 2 is 2.04 bits per heavy atom. The molecule has 0 aromatic heterocycles. The summed E-state index contributed by atoms with van der Waals surface area (Å²) in [6.45, 7) is 3.68. The monoisotopic (exact) mass is 355 g/mol. The maximum absolute atomic E-state index is 11.2. The highest BCUT2D eigenvalue weighted by Crippen LogP contribution is 2.63. The third kappa shape index (κ3) is 2.17. The second-order valence-corrected chi connectivity index (χ2v) is 9.32. The quantitative estimate of drug-likeness (QED) is 0.725. The van der Waals surface area contributed by atoms with Gasteiger partial charge in [-0.3, -0.25) is 0 Å². The van der Waals surface area contributed by atoms with Crippen LogP contribution in [0.15, 0.2) is 23.3 Å². The van der Waals surface area contributed by atoms with Crippen molar-refractivity contribution in [2.24, 2.45) is 23.2 Å². The second-order valence-electron chi connectivity index (χ2n) is 9.32. The van der Waals surface area contributed by atoms with E-state index >= 15 is 0 Å². The molecule has 0 amide bonds. The molecule has 5 atom stereocenters. The Bertz CT molecular complexity index is 713. The summed E-state index contributed by atoms with van der Waals surface area (Å²) in [4.78, 5) is 0. The van der Waals surface area contributed by atoms with E-state index in [0.29, 0.717) is 17.8 Å². The number of nitrogens with zero attached hydrogens (tertiary/aromatic N) is 1. The number of fused-ring (bicyclic) bond motifs is 4. The van der Waals surface area contributed by atoms with Crippen LogP contribution in [0.4, 0.5) is 0 Å². The van der Waals surface area contributed by atoms with Crippen molar-refractivity contribution in [1.82, 2.24) is 0 Å². The number of hydrogen-bond acceptors (Lipinski definition) is 4. The van der Waals surface area contributed by atoms with Gasteiger partial charge >= 0.3 is 0 Å². The van der Waals surface area contributed by atoms with Crippen LogP contribution >= 0.6 is 0 Å². The minimum Gasteiger partial charge on any atom is -0.384 e. The lowest BCUT2D eigenvalue weighted by atomic mass is 9.51. The van der Waals surface area contributed by atoms with Gasteiger partial charge in [-0.25, -0.2) is 0 Å². The van der Waals surface area contributed by atoms with Crippen molar-refractivity contribution in [2.45, 2.75) is 69.7 Å². The van der Waals surface area contributed by atoms with E-state index in [2.05, 4.69) is 19.1 Å². The third-order valence-electron chi connectivity index (χ3n) is 8.36. The van der Waals surface area contributed by atoms with Gasteiger partial charge in [0, 0.05) is 18.3 Å². The molecule has 0 radical (unpaired) electrons. The zero-order valence-electron chi connectivity index (χ0n) is 15.7. The lowest BCUT2D eigenvalue weighted by Gasteiger charge is -2.54. The van der Waals surface area contributed by atoms with Crippen LogP contribution in [-0.4, -0.2) is 29.7 Å². The van der Waals surface area contributed by atoms with Crippen molar-refractivity contribution >= 4 is 0 Å². The van der Waals surface area contributed by atoms with Gasteiger partial charge in [0.1, 0.15) is 5.60 Å². The molecule has 5 aliphatic rings. The molecule has 0 aromatic rings. The number of aliphatic hydroxyl groups is 1. The van der Waals surface area contributed by atoms with Gasteiger partial charge in [0.25, 0.3) is 0 Å². The van der Waals surface area contributed by atoms with Crippen molar-refractivity contribution in [3.05, 3.63) is 23.3 Å². The van der Waals surface area contributed by atoms with Crippen molar-refractivity contribution in [2.75, 3.05) is 13.2 Å². The first-order chi connectivity index (χ1) is 12.5. The normalized spacial score (nSPS) is 46.0. The molecule has 26 heavy (non-hydrogen) atoms. The Labute approximate surface area is 155 Å². The van der Waals surface area contributed by atoms with Crippen LogP contribution in [0.25, 0.3) is 0 Å². The lowest BCUT2D eigenvalue weighted by molar-refractivity contribution is -0.166. The fourth-order valence-electron chi connectivity index (χ4n) is 6.88. The van der Waals surface area contributed by atoms with E-state index in [9.17, 15) is 10.4 Å². The van der Waals surface area contributed by atoms with Crippen molar-refractivity contribution in [3.8, 4) is 6.07 Å². The van der Waals surface area contributed by atoms with Gasteiger partial charge in [-0.2, -0.15) is 5.26 Å². The summed E-state index contributed by atoms with van der Waals surface area (Å²) in [6.07, 6.45) is 11.9. The van der Waals surface area contributed by atoms with E-state index in [-0.39, 0.29) is 17.6 Å². The fourth-order valence-corrected chi connectivity index (χ4v) is 6.88. The Morgan fingerprint density at radius 3 is 2.81 bits per heavy atom. The standard InChI is InChI=1S/C22H29NO3/c1-20-7-4-17-16-5-9-22(25-12-13-26-22)14-15(16)2-3-18(17)19(20)6-8-21(20,24)10-11-23/h6,8,17-19,24H,2-5,7,9-10,12-14H2,1H3/t17-,18-,19+,20?,21-/m1/s1. The van der Waals surface area contributed by atoms with E-state index in [4.69, 9.17) is 9.47 Å². The molecule has 4 heteroatoms.